The summed E-state index contributed by atoms with van der Waals surface area (Å²) in [4.78, 5) is 2.17. The third-order valence-electron chi connectivity index (χ3n) is 4.57. The molecule has 0 unspecified atom stereocenters. The van der Waals surface area contributed by atoms with Crippen LogP contribution in [0.5, 0.6) is 23.0 Å². The summed E-state index contributed by atoms with van der Waals surface area (Å²) < 4.78 is 175. The average molecular weight is 517 g/mol. The summed E-state index contributed by atoms with van der Waals surface area (Å²) >= 11 is 0. The van der Waals surface area contributed by atoms with E-state index in [1.165, 1.54) is 0 Å². The van der Waals surface area contributed by atoms with Gasteiger partial charge in [-0.25, -0.2) is 35.1 Å². The Balaban J connectivity index is 2.01. The standard InChI is InChI=1S/C20H3F12NO2/c21-5-3-1-33-2-4(3)6(22)20(35-18-15(31)11(27)8(24)12(28)16(18)32)19(5)34-17-13(29)9(25)7(23)10(26)14(17)30/h1-2,33H. The second-order valence-electron chi connectivity index (χ2n) is 6.57. The van der Waals surface area contributed by atoms with E-state index in [4.69, 9.17) is 0 Å². The first-order valence-electron chi connectivity index (χ1n) is 8.74. The van der Waals surface area contributed by atoms with Crippen LogP contribution in [0.2, 0.25) is 0 Å². The first kappa shape index (κ1) is 24.1. The third-order valence-corrected chi connectivity index (χ3v) is 4.57. The quantitative estimate of drug-likeness (QED) is 0.174. The van der Waals surface area contributed by atoms with E-state index >= 15 is 8.78 Å². The summed E-state index contributed by atoms with van der Waals surface area (Å²) in [6.45, 7) is 0. The molecule has 0 amide bonds. The van der Waals surface area contributed by atoms with Gasteiger partial charge in [-0.15, -0.1) is 0 Å². The minimum absolute atomic E-state index is 0.724. The molecule has 3 nitrogen and oxygen atoms in total. The van der Waals surface area contributed by atoms with Crippen molar-refractivity contribution < 1.29 is 62.2 Å². The van der Waals surface area contributed by atoms with Crippen LogP contribution in [-0.2, 0) is 0 Å². The maximum Gasteiger partial charge on any atom is 0.209 e. The van der Waals surface area contributed by atoms with Gasteiger partial charge in [-0.2, -0.15) is 17.6 Å². The Morgan fingerprint density at radius 3 is 0.886 bits per heavy atom. The summed E-state index contributed by atoms with van der Waals surface area (Å²) in [7, 11) is 0. The van der Waals surface area contributed by atoms with Crippen LogP contribution in [0.15, 0.2) is 12.4 Å². The molecule has 0 saturated heterocycles. The lowest BCUT2D eigenvalue weighted by Gasteiger charge is -2.17. The molecule has 0 aliphatic carbocycles. The Morgan fingerprint density at radius 2 is 0.600 bits per heavy atom. The molecule has 1 N–H and O–H groups in total. The number of fused-ring (bicyclic) bond motifs is 1. The van der Waals surface area contributed by atoms with Crippen LogP contribution in [0.1, 0.15) is 0 Å². The molecule has 15 heteroatoms. The van der Waals surface area contributed by atoms with E-state index in [0.29, 0.717) is 0 Å². The molecule has 0 saturated carbocycles. The lowest BCUT2D eigenvalue weighted by Crippen LogP contribution is -2.08. The number of aromatic nitrogens is 1. The fourth-order valence-corrected chi connectivity index (χ4v) is 2.91. The highest BCUT2D eigenvalue weighted by atomic mass is 19.2. The molecule has 0 aliphatic heterocycles. The average Bonchev–Trinajstić information content (AvgIpc) is 3.34. The number of aromatic amines is 1. The minimum atomic E-state index is -2.65. The predicted octanol–water partition coefficient (Wildman–Crippen LogP) is 7.42. The first-order chi connectivity index (χ1) is 16.4. The van der Waals surface area contributed by atoms with E-state index in [9.17, 15) is 43.9 Å². The van der Waals surface area contributed by atoms with Gasteiger partial charge in [-0.1, -0.05) is 0 Å². The van der Waals surface area contributed by atoms with E-state index in [0.717, 1.165) is 12.4 Å². The predicted molar refractivity (Wildman–Crippen MR) is 90.8 cm³/mol. The Kier molecular flexibility index (Phi) is 5.73. The molecular formula is C20H3F12NO2. The number of nitrogens with one attached hydrogen (secondary N) is 1. The lowest BCUT2D eigenvalue weighted by atomic mass is 10.1. The summed E-state index contributed by atoms with van der Waals surface area (Å²) in [6, 6.07) is 0. The maximum absolute atomic E-state index is 15.0. The van der Waals surface area contributed by atoms with Crippen molar-refractivity contribution in [2.24, 2.45) is 0 Å². The van der Waals surface area contributed by atoms with Crippen molar-refractivity contribution in [2.75, 3.05) is 0 Å². The lowest BCUT2D eigenvalue weighted by molar-refractivity contribution is 0.300. The third kappa shape index (κ3) is 3.49. The highest BCUT2D eigenvalue weighted by Crippen LogP contribution is 2.46. The van der Waals surface area contributed by atoms with Crippen LogP contribution in [0.25, 0.3) is 10.8 Å². The monoisotopic (exact) mass is 517 g/mol. The van der Waals surface area contributed by atoms with E-state index in [2.05, 4.69) is 14.5 Å². The molecular weight excluding hydrogens is 514 g/mol. The van der Waals surface area contributed by atoms with Crippen LogP contribution in [0.4, 0.5) is 52.7 Å². The van der Waals surface area contributed by atoms with Crippen molar-refractivity contribution in [1.29, 1.82) is 0 Å². The molecule has 0 fully saturated rings. The van der Waals surface area contributed by atoms with E-state index in [1.807, 2.05) is 0 Å². The summed E-state index contributed by atoms with van der Waals surface area (Å²) in [5, 5.41) is -1.57. The zero-order valence-corrected chi connectivity index (χ0v) is 16.0. The van der Waals surface area contributed by atoms with Crippen molar-refractivity contribution in [3.63, 3.8) is 0 Å². The molecule has 35 heavy (non-hydrogen) atoms. The van der Waals surface area contributed by atoms with Gasteiger partial charge in [0.2, 0.25) is 81.2 Å². The second-order valence-corrected chi connectivity index (χ2v) is 6.57. The van der Waals surface area contributed by atoms with Crippen LogP contribution in [-0.4, -0.2) is 4.98 Å². The molecule has 1 heterocycles. The number of ether oxygens (including phenoxy) is 2. The largest absolute Gasteiger partial charge is 0.444 e. The molecule has 184 valence electrons. The zero-order chi connectivity index (χ0) is 25.9. The topological polar surface area (TPSA) is 34.2 Å². The van der Waals surface area contributed by atoms with Gasteiger partial charge < -0.3 is 14.5 Å². The van der Waals surface area contributed by atoms with Crippen molar-refractivity contribution in [1.82, 2.24) is 4.98 Å². The first-order valence-corrected chi connectivity index (χ1v) is 8.74. The van der Waals surface area contributed by atoms with Crippen molar-refractivity contribution in [3.8, 4) is 23.0 Å². The zero-order valence-electron chi connectivity index (χ0n) is 16.0. The van der Waals surface area contributed by atoms with E-state index in [1.54, 1.807) is 0 Å². The summed E-state index contributed by atoms with van der Waals surface area (Å²) in [5.41, 5.74) is 0. The number of halogens is 12. The maximum atomic E-state index is 15.0. The van der Waals surface area contributed by atoms with Crippen LogP contribution in [0.3, 0.4) is 0 Å². The Hall–Kier alpha value is -4.04. The second kappa shape index (κ2) is 8.32. The highest BCUT2D eigenvalue weighted by molar-refractivity contribution is 5.87. The molecule has 0 aliphatic rings. The number of rotatable bonds is 4. The van der Waals surface area contributed by atoms with Crippen LogP contribution < -0.4 is 9.47 Å². The Bertz CT molecular complexity index is 1360. The molecule has 0 bridgehead atoms. The molecule has 4 rings (SSSR count). The van der Waals surface area contributed by atoms with Gasteiger partial charge in [-0.3, -0.25) is 0 Å². The molecule has 0 spiro atoms. The summed E-state index contributed by atoms with van der Waals surface area (Å²) in [5.74, 6) is -38.0. The van der Waals surface area contributed by atoms with Gasteiger partial charge in [0.15, 0.2) is 11.6 Å². The van der Waals surface area contributed by atoms with E-state index < -0.39 is 104 Å². The van der Waals surface area contributed by atoms with Gasteiger partial charge in [0.25, 0.3) is 0 Å². The highest BCUT2D eigenvalue weighted by Gasteiger charge is 2.34. The summed E-state index contributed by atoms with van der Waals surface area (Å²) in [6.07, 6.45) is 1.45. The Labute approximate surface area is 184 Å². The van der Waals surface area contributed by atoms with Crippen molar-refractivity contribution in [3.05, 3.63) is 82.2 Å². The van der Waals surface area contributed by atoms with Gasteiger partial charge >= 0.3 is 0 Å². The SMILES string of the molecule is Fc1c(F)c(F)c(Oc2c(Oc3c(F)c(F)c(F)c(F)c3F)c(F)c3c[nH]cc3c2F)c(F)c1F. The molecule has 0 radical (unpaired) electrons. The van der Waals surface area contributed by atoms with Gasteiger partial charge in [0.1, 0.15) is 0 Å². The molecule has 0 atom stereocenters. The Morgan fingerprint density at radius 1 is 0.343 bits per heavy atom. The van der Waals surface area contributed by atoms with Gasteiger partial charge in [0, 0.05) is 23.2 Å². The number of hydrogen-bond donors (Lipinski definition) is 1. The number of H-pyrrole nitrogens is 1. The fourth-order valence-electron chi connectivity index (χ4n) is 2.91. The normalized spacial score (nSPS) is 11.4. The molecule has 3 aromatic carbocycles. The minimum Gasteiger partial charge on any atom is -0.444 e. The van der Waals surface area contributed by atoms with Crippen LogP contribution >= 0.6 is 0 Å². The fraction of sp³-hybridized carbons (Fsp3) is 0. The van der Waals surface area contributed by atoms with E-state index in [-0.39, 0.29) is 0 Å². The van der Waals surface area contributed by atoms with Gasteiger partial charge in [0.05, 0.1) is 0 Å². The number of benzene rings is 3. The number of hydrogen-bond acceptors (Lipinski definition) is 2. The van der Waals surface area contributed by atoms with Gasteiger partial charge in [-0.05, 0) is 0 Å². The molecule has 4 aromatic rings. The smallest absolute Gasteiger partial charge is 0.209 e. The van der Waals surface area contributed by atoms with Crippen molar-refractivity contribution in [2.45, 2.75) is 0 Å². The van der Waals surface area contributed by atoms with Crippen LogP contribution in [0, 0.1) is 69.8 Å². The molecule has 1 aromatic heterocycles. The van der Waals surface area contributed by atoms with Crippen molar-refractivity contribution >= 4 is 10.8 Å².